The van der Waals surface area contributed by atoms with E-state index in [9.17, 15) is 23.3 Å². The van der Waals surface area contributed by atoms with Gasteiger partial charge in [0.25, 0.3) is 5.69 Å². The Morgan fingerprint density at radius 1 is 1.40 bits per heavy atom. The quantitative estimate of drug-likeness (QED) is 0.562. The minimum absolute atomic E-state index is 0.151. The Morgan fingerprint density at radius 3 is 2.40 bits per heavy atom. The Balaban J connectivity index is 2.75. The minimum atomic E-state index is -3.89. The number of carbonyl (C=O) groups is 1. The van der Waals surface area contributed by atoms with Crippen LogP contribution >= 0.6 is 0 Å². The van der Waals surface area contributed by atoms with Gasteiger partial charge >= 0.3 is 16.2 Å². The van der Waals surface area contributed by atoms with Crippen molar-refractivity contribution in [3.05, 3.63) is 34.4 Å². The lowest BCUT2D eigenvalue weighted by molar-refractivity contribution is -0.384. The molecule has 0 saturated heterocycles. The number of nitro benzene ring substituents is 1. The van der Waals surface area contributed by atoms with E-state index in [1.165, 1.54) is 19.2 Å². The molecule has 20 heavy (non-hydrogen) atoms. The van der Waals surface area contributed by atoms with E-state index in [-0.39, 0.29) is 24.3 Å². The van der Waals surface area contributed by atoms with Crippen LogP contribution in [0.3, 0.4) is 0 Å². The summed E-state index contributed by atoms with van der Waals surface area (Å²) in [6.45, 7) is -0.183. The van der Waals surface area contributed by atoms with Crippen LogP contribution in [0.5, 0.6) is 0 Å². The van der Waals surface area contributed by atoms with Crippen LogP contribution in [0.1, 0.15) is 6.42 Å². The lowest BCUT2D eigenvalue weighted by Gasteiger charge is -2.17. The molecule has 0 spiro atoms. The molecule has 0 atom stereocenters. The molecule has 0 amide bonds. The Bertz CT molecular complexity index is 598. The molecule has 9 nitrogen and oxygen atoms in total. The van der Waals surface area contributed by atoms with Crippen molar-refractivity contribution in [2.45, 2.75) is 6.42 Å². The number of aliphatic carboxylic acids is 1. The first-order valence-electron chi connectivity index (χ1n) is 5.42. The smallest absolute Gasteiger partial charge is 0.304 e. The van der Waals surface area contributed by atoms with E-state index in [1.807, 2.05) is 0 Å². The summed E-state index contributed by atoms with van der Waals surface area (Å²) in [5.74, 6) is -1.11. The standard InChI is InChI=1S/C10H13N3O6S/c1-12(7-6-10(14)15)20(18,19)11-8-2-4-9(5-3-8)13(16)17/h2-5,11H,6-7H2,1H3,(H,14,15). The summed E-state index contributed by atoms with van der Waals surface area (Å²) in [7, 11) is -2.66. The van der Waals surface area contributed by atoms with Crippen molar-refractivity contribution in [1.29, 1.82) is 0 Å². The number of hydrogen-bond donors (Lipinski definition) is 2. The number of carboxylic acids is 1. The van der Waals surface area contributed by atoms with E-state index in [1.54, 1.807) is 0 Å². The molecule has 0 aliphatic carbocycles. The maximum atomic E-state index is 11.8. The number of anilines is 1. The van der Waals surface area contributed by atoms with E-state index in [0.29, 0.717) is 0 Å². The normalized spacial score (nSPS) is 11.3. The van der Waals surface area contributed by atoms with Gasteiger partial charge in [-0.2, -0.15) is 12.7 Å². The van der Waals surface area contributed by atoms with Crippen LogP contribution in [-0.4, -0.2) is 42.3 Å². The van der Waals surface area contributed by atoms with Crippen molar-refractivity contribution in [1.82, 2.24) is 4.31 Å². The molecular formula is C10H13N3O6S. The van der Waals surface area contributed by atoms with Crippen LogP contribution < -0.4 is 4.72 Å². The fourth-order valence-electron chi connectivity index (χ4n) is 1.25. The summed E-state index contributed by atoms with van der Waals surface area (Å²) in [6.07, 6.45) is -0.322. The number of rotatable bonds is 7. The Labute approximate surface area is 115 Å². The average molecular weight is 303 g/mol. The van der Waals surface area contributed by atoms with Crippen LogP contribution in [0.15, 0.2) is 24.3 Å². The molecule has 1 aromatic carbocycles. The van der Waals surface area contributed by atoms with Gasteiger partial charge in [-0.25, -0.2) is 0 Å². The number of hydrogen-bond acceptors (Lipinski definition) is 5. The zero-order valence-electron chi connectivity index (χ0n) is 10.5. The molecule has 110 valence electrons. The largest absolute Gasteiger partial charge is 0.481 e. The summed E-state index contributed by atoms with van der Waals surface area (Å²) in [4.78, 5) is 20.2. The van der Waals surface area contributed by atoms with Crippen LogP contribution in [0, 0.1) is 10.1 Å². The Morgan fingerprint density at radius 2 is 1.95 bits per heavy atom. The summed E-state index contributed by atoms with van der Waals surface area (Å²) >= 11 is 0. The summed E-state index contributed by atoms with van der Waals surface area (Å²) in [5, 5.41) is 19.0. The van der Waals surface area contributed by atoms with Crippen molar-refractivity contribution >= 4 is 27.6 Å². The predicted octanol–water partition coefficient (Wildman–Crippen LogP) is 0.658. The maximum absolute atomic E-state index is 11.8. The van der Waals surface area contributed by atoms with Crippen LogP contribution in [0.4, 0.5) is 11.4 Å². The number of carboxylic acid groups (broad SMARTS) is 1. The molecule has 2 N–H and O–H groups in total. The highest BCUT2D eigenvalue weighted by atomic mass is 32.2. The molecule has 0 saturated carbocycles. The summed E-state index contributed by atoms with van der Waals surface area (Å²) < 4.78 is 26.7. The first kappa shape index (κ1) is 15.9. The molecule has 0 aliphatic heterocycles. The van der Waals surface area contributed by atoms with Gasteiger partial charge < -0.3 is 5.11 Å². The zero-order valence-corrected chi connectivity index (χ0v) is 11.3. The van der Waals surface area contributed by atoms with Gasteiger partial charge in [-0.3, -0.25) is 19.6 Å². The van der Waals surface area contributed by atoms with Crippen molar-refractivity contribution in [2.24, 2.45) is 0 Å². The third-order valence-electron chi connectivity index (χ3n) is 2.38. The van der Waals surface area contributed by atoms with E-state index in [0.717, 1.165) is 16.4 Å². The van der Waals surface area contributed by atoms with Crippen molar-refractivity contribution < 1.29 is 23.2 Å². The molecule has 0 radical (unpaired) electrons. The van der Waals surface area contributed by atoms with Gasteiger partial charge in [0.05, 0.1) is 17.0 Å². The average Bonchev–Trinajstić information content (AvgIpc) is 2.35. The zero-order chi connectivity index (χ0) is 15.3. The number of nitro groups is 1. The first-order chi connectivity index (χ1) is 9.22. The van der Waals surface area contributed by atoms with Gasteiger partial charge in [0, 0.05) is 25.7 Å². The lowest BCUT2D eigenvalue weighted by Crippen LogP contribution is -2.34. The van der Waals surface area contributed by atoms with Gasteiger partial charge in [-0.15, -0.1) is 0 Å². The monoisotopic (exact) mass is 303 g/mol. The number of nitrogens with one attached hydrogen (secondary N) is 1. The SMILES string of the molecule is CN(CCC(=O)O)S(=O)(=O)Nc1ccc([N+](=O)[O-])cc1. The third kappa shape index (κ3) is 4.48. The molecule has 1 rings (SSSR count). The van der Waals surface area contributed by atoms with Crippen LogP contribution in [0.25, 0.3) is 0 Å². The molecule has 10 heteroatoms. The second kappa shape index (κ2) is 6.30. The van der Waals surface area contributed by atoms with Crippen LogP contribution in [-0.2, 0) is 15.0 Å². The second-order valence-corrected chi connectivity index (χ2v) is 5.65. The van der Waals surface area contributed by atoms with E-state index < -0.39 is 21.1 Å². The van der Waals surface area contributed by atoms with Gasteiger partial charge in [0.15, 0.2) is 0 Å². The number of nitrogens with zero attached hydrogens (tertiary/aromatic N) is 2. The highest BCUT2D eigenvalue weighted by Crippen LogP contribution is 2.17. The highest BCUT2D eigenvalue weighted by molar-refractivity contribution is 7.90. The number of non-ortho nitro benzene ring substituents is 1. The lowest BCUT2D eigenvalue weighted by atomic mass is 10.3. The molecule has 0 heterocycles. The summed E-state index contributed by atoms with van der Waals surface area (Å²) in [5.41, 5.74) is -0.00930. The fraction of sp³-hybridized carbons (Fsp3) is 0.300. The van der Waals surface area contributed by atoms with E-state index >= 15 is 0 Å². The molecular weight excluding hydrogens is 290 g/mol. The highest BCUT2D eigenvalue weighted by Gasteiger charge is 2.18. The Hall–Kier alpha value is -2.20. The minimum Gasteiger partial charge on any atom is -0.481 e. The number of benzene rings is 1. The first-order valence-corrected chi connectivity index (χ1v) is 6.86. The maximum Gasteiger partial charge on any atom is 0.304 e. The van der Waals surface area contributed by atoms with Gasteiger partial charge in [0.1, 0.15) is 0 Å². The van der Waals surface area contributed by atoms with Gasteiger partial charge in [-0.05, 0) is 12.1 Å². The summed E-state index contributed by atoms with van der Waals surface area (Å²) in [6, 6.07) is 4.83. The topological polar surface area (TPSA) is 130 Å². The van der Waals surface area contributed by atoms with E-state index in [4.69, 9.17) is 5.11 Å². The van der Waals surface area contributed by atoms with Crippen molar-refractivity contribution in [2.75, 3.05) is 18.3 Å². The van der Waals surface area contributed by atoms with Gasteiger partial charge in [-0.1, -0.05) is 0 Å². The molecule has 0 unspecified atom stereocenters. The van der Waals surface area contributed by atoms with Crippen LogP contribution in [0.2, 0.25) is 0 Å². The van der Waals surface area contributed by atoms with Gasteiger partial charge in [0.2, 0.25) is 0 Å². The third-order valence-corrected chi connectivity index (χ3v) is 3.87. The van der Waals surface area contributed by atoms with Crippen molar-refractivity contribution in [3.8, 4) is 0 Å². The molecule has 0 bridgehead atoms. The fourth-order valence-corrected chi connectivity index (χ4v) is 2.17. The molecule has 0 aliphatic rings. The Kier molecular flexibility index (Phi) is 5.00. The molecule has 0 fully saturated rings. The van der Waals surface area contributed by atoms with E-state index in [2.05, 4.69) is 4.72 Å². The second-order valence-electron chi connectivity index (χ2n) is 3.88. The molecule has 0 aromatic heterocycles. The molecule has 1 aromatic rings. The van der Waals surface area contributed by atoms with Crippen molar-refractivity contribution in [3.63, 3.8) is 0 Å². The predicted molar refractivity (Wildman–Crippen MR) is 70.5 cm³/mol.